The molecule has 0 radical (unpaired) electrons. The van der Waals surface area contributed by atoms with Gasteiger partial charge in [-0.15, -0.1) is 11.6 Å². The van der Waals surface area contributed by atoms with Crippen molar-refractivity contribution < 1.29 is 19.7 Å². The monoisotopic (exact) mass is 1860 g/mol. The van der Waals surface area contributed by atoms with Gasteiger partial charge in [-0.2, -0.15) is 0 Å². The van der Waals surface area contributed by atoms with Crippen LogP contribution in [0.15, 0.2) is 457 Å². The predicted octanol–water partition coefficient (Wildman–Crippen LogP) is 34.6. The maximum Gasteiger partial charge on any atom is 0.0721 e. The summed E-state index contributed by atoms with van der Waals surface area (Å²) in [6, 6.07) is 157. The maximum absolute atomic E-state index is 9.93. The number of ether oxygens (including phenoxy) is 2. The molecule has 9 heteroatoms. The number of nitrogens with zero attached hydrogens (tertiary/aromatic N) is 4. The Morgan fingerprint density at radius 1 is 0.254 bits per heavy atom. The summed E-state index contributed by atoms with van der Waals surface area (Å²) in [5.74, 6) is 0.581. The molecule has 2 aliphatic carbocycles. The highest BCUT2D eigenvalue weighted by atomic mass is 35.5. The number of aliphatic hydroxyl groups excluding tert-OH is 2. The van der Waals surface area contributed by atoms with Gasteiger partial charge >= 0.3 is 0 Å². The Labute approximate surface area is 836 Å². The molecular formula is C133H109ClN4O4. The molecule has 21 aromatic rings. The lowest BCUT2D eigenvalue weighted by Crippen LogP contribution is -2.16. The molecule has 0 atom stereocenters. The van der Waals surface area contributed by atoms with Crippen molar-refractivity contribution in [1.29, 1.82) is 0 Å². The van der Waals surface area contributed by atoms with Gasteiger partial charge in [-0.1, -0.05) is 357 Å². The minimum Gasteiger partial charge on any atom is -0.392 e. The number of fused-ring (bicyclic) bond motifs is 12. The number of anilines is 6. The molecule has 0 saturated heterocycles. The smallest absolute Gasteiger partial charge is 0.0721 e. The van der Waals surface area contributed by atoms with Crippen molar-refractivity contribution in [2.75, 3.05) is 9.80 Å². The zero-order chi connectivity index (χ0) is 97.0. The molecule has 0 aliphatic heterocycles. The highest BCUT2D eigenvalue weighted by Gasteiger charge is 2.38. The fourth-order valence-electron chi connectivity index (χ4n) is 20.6. The first-order valence-corrected chi connectivity index (χ1v) is 49.1. The molecule has 2 aromatic heterocycles. The van der Waals surface area contributed by atoms with Gasteiger partial charge in [0.25, 0.3) is 0 Å². The van der Waals surface area contributed by atoms with Crippen LogP contribution in [0.4, 0.5) is 34.1 Å². The van der Waals surface area contributed by atoms with Crippen LogP contribution in [0, 0.1) is 0 Å². The quantitative estimate of drug-likeness (QED) is 0.0526. The van der Waals surface area contributed by atoms with E-state index in [1.165, 1.54) is 110 Å². The van der Waals surface area contributed by atoms with Crippen molar-refractivity contribution in [2.24, 2.45) is 0 Å². The van der Waals surface area contributed by atoms with Crippen molar-refractivity contribution in [3.63, 3.8) is 0 Å². The van der Waals surface area contributed by atoms with Crippen LogP contribution in [0.1, 0.15) is 106 Å². The third-order valence-electron chi connectivity index (χ3n) is 28.3. The standard InChI is InChI=1S/C71H58N2O2.C53H42N2O2.C9H9Cl/c1-5-49-16-20-51(21-17-49)45-74-47-53-24-32-61(33-25-53)73-69-15-11-10-14-64(69)66-43-58(31-41-70(66)73)57-29-36-60(37-30-57)72(59-34-27-56(28-35-59)55-12-8-7-9-13-55)62-38-39-63-65-42-54(26-40-67(65)71(3,4)68(63)44-62)48-75-46-52-22-18-50(6-2)19-23-52;1-53(2)49-28-14-36(34-57)30-47(49)45-27-26-44(32-50(45)53)54(41-22-15-38(16-23-41)37-8-4-3-5-9-37)42-24-17-39(18-25-42)40-19-29-52-48(31-40)46-10-6-7-11-51(46)55(52)43-20-12-35(33-56)13-21-43;1-2-8-3-5-9(7-10)6-4-8/h5-44H,1-2,45-48H2,3-4H3;3-32,56-57H,33-34H2,1-2H3;2-6H,1,7H2. The molecule has 0 unspecified atom stereocenters. The van der Waals surface area contributed by atoms with Gasteiger partial charge in [0.1, 0.15) is 0 Å². The van der Waals surface area contributed by atoms with E-state index < -0.39 is 0 Å². The van der Waals surface area contributed by atoms with Crippen LogP contribution in [0.3, 0.4) is 0 Å². The Balaban J connectivity index is 0.000000157. The SMILES string of the molecule is C=Cc1ccc(CCl)cc1.C=Cc1ccc(COCc2ccc(-n3c4ccccc4c4cc(-c5ccc(N(c6ccc(-c7ccccc7)cc6)c6ccc7c(c6)C(C)(C)c6ccc(COCc8ccc(C=C)cc8)cc6-7)cc5)ccc43)cc2)cc1.CC1(C)c2ccc(CO)cc2-c2ccc(N(c3ccc(-c4ccccc4)cc3)c3ccc(-c4ccc5c(c4)c4ccccc4n5-c4ccc(CO)cc4)cc3)cc21. The Morgan fingerprint density at radius 2 is 0.549 bits per heavy atom. The van der Waals surface area contributed by atoms with Crippen molar-refractivity contribution in [3.8, 4) is 78.1 Å². The number of aromatic nitrogens is 2. The number of halogens is 1. The summed E-state index contributed by atoms with van der Waals surface area (Å²) < 4.78 is 17.0. The fraction of sp³-hybridized carbons (Fsp3) is 0.0977. The van der Waals surface area contributed by atoms with Crippen molar-refractivity contribution in [2.45, 2.75) is 84.0 Å². The van der Waals surface area contributed by atoms with E-state index in [-0.39, 0.29) is 24.0 Å². The second kappa shape index (κ2) is 40.3. The van der Waals surface area contributed by atoms with Gasteiger partial charge in [0.05, 0.1) is 61.7 Å². The molecule has 0 fully saturated rings. The van der Waals surface area contributed by atoms with Gasteiger partial charge in [0.2, 0.25) is 0 Å². The van der Waals surface area contributed by atoms with Gasteiger partial charge < -0.3 is 38.6 Å². The molecule has 0 bridgehead atoms. The number of para-hydroxylation sites is 2. The number of rotatable bonds is 26. The van der Waals surface area contributed by atoms with Gasteiger partial charge in [-0.25, -0.2) is 0 Å². The van der Waals surface area contributed by atoms with Crippen LogP contribution in [-0.4, -0.2) is 19.3 Å². The summed E-state index contributed by atoms with van der Waals surface area (Å²) in [6.45, 7) is 23.0. The molecule has 2 N–H and O–H groups in total. The van der Waals surface area contributed by atoms with E-state index in [2.05, 4.69) is 461 Å². The van der Waals surface area contributed by atoms with Crippen molar-refractivity contribution in [1.82, 2.24) is 9.13 Å². The fourth-order valence-corrected chi connectivity index (χ4v) is 20.8. The average molecular weight is 1860 g/mol. The zero-order valence-corrected chi connectivity index (χ0v) is 81.0. The predicted molar refractivity (Wildman–Crippen MR) is 596 cm³/mol. The third kappa shape index (κ3) is 18.5. The van der Waals surface area contributed by atoms with E-state index >= 15 is 0 Å². The summed E-state index contributed by atoms with van der Waals surface area (Å²) in [4.78, 5) is 4.76. The molecule has 23 rings (SSSR count). The molecule has 692 valence electrons. The van der Waals surface area contributed by atoms with Crippen LogP contribution < -0.4 is 9.80 Å². The highest BCUT2D eigenvalue weighted by molar-refractivity contribution is 6.17. The minimum atomic E-state index is -0.195. The van der Waals surface area contributed by atoms with Crippen LogP contribution in [0.5, 0.6) is 0 Å². The summed E-state index contributed by atoms with van der Waals surface area (Å²) in [5.41, 5.74) is 43.6. The highest BCUT2D eigenvalue weighted by Crippen LogP contribution is 2.54. The molecule has 19 aromatic carbocycles. The zero-order valence-electron chi connectivity index (χ0n) is 80.3. The molecule has 142 heavy (non-hydrogen) atoms. The first-order valence-electron chi connectivity index (χ1n) is 48.6. The molecule has 2 aliphatic rings. The van der Waals surface area contributed by atoms with Crippen molar-refractivity contribution in [3.05, 3.63) is 534 Å². The van der Waals surface area contributed by atoms with E-state index in [1.54, 1.807) is 0 Å². The van der Waals surface area contributed by atoms with Crippen LogP contribution in [-0.2, 0) is 65.8 Å². The second-order valence-electron chi connectivity index (χ2n) is 37.8. The number of hydrogen-bond acceptors (Lipinski definition) is 6. The van der Waals surface area contributed by atoms with Gasteiger partial charge in [-0.05, 0) is 290 Å². The van der Waals surface area contributed by atoms with Gasteiger partial charge in [0.15, 0.2) is 0 Å². The normalized spacial score (nSPS) is 12.4. The lowest BCUT2D eigenvalue weighted by Gasteiger charge is -2.28. The average Bonchev–Trinajstić information content (AvgIpc) is 1.58. The third-order valence-corrected chi connectivity index (χ3v) is 28.6. The Kier molecular flexibility index (Phi) is 26.1. The minimum absolute atomic E-state index is 0.0288. The lowest BCUT2D eigenvalue weighted by molar-refractivity contribution is 0.107. The van der Waals surface area contributed by atoms with E-state index in [1.807, 2.05) is 60.7 Å². The molecule has 8 nitrogen and oxygen atoms in total. The molecule has 2 heterocycles. The molecular weight excluding hydrogens is 1750 g/mol. The number of alkyl halides is 1. The number of hydrogen-bond donors (Lipinski definition) is 2. The number of benzene rings is 19. The van der Waals surface area contributed by atoms with Crippen LogP contribution >= 0.6 is 11.6 Å². The Hall–Kier alpha value is -16.3. The summed E-state index contributed by atoms with van der Waals surface area (Å²) in [7, 11) is 0. The summed E-state index contributed by atoms with van der Waals surface area (Å²) in [6.07, 6.45) is 5.54. The number of aliphatic hydroxyl groups is 2. The summed E-state index contributed by atoms with van der Waals surface area (Å²) in [5, 5.41) is 24.4. The maximum atomic E-state index is 9.93. The van der Waals surface area contributed by atoms with E-state index in [0.717, 1.165) is 123 Å². The van der Waals surface area contributed by atoms with Crippen molar-refractivity contribution >= 4 is 108 Å². The topological polar surface area (TPSA) is 75.3 Å². The Bertz CT molecular complexity index is 8190. The van der Waals surface area contributed by atoms with E-state index in [9.17, 15) is 10.2 Å². The molecule has 0 spiro atoms. The lowest BCUT2D eigenvalue weighted by atomic mass is 9.82. The molecule has 0 saturated carbocycles. The van der Waals surface area contributed by atoms with E-state index in [0.29, 0.717) is 32.3 Å². The van der Waals surface area contributed by atoms with Gasteiger partial charge in [0, 0.05) is 83.8 Å². The van der Waals surface area contributed by atoms with Crippen LogP contribution in [0.2, 0.25) is 0 Å². The van der Waals surface area contributed by atoms with E-state index in [4.69, 9.17) is 21.1 Å². The molecule has 0 amide bonds. The second-order valence-corrected chi connectivity index (χ2v) is 38.1. The first-order chi connectivity index (χ1) is 69.6. The largest absolute Gasteiger partial charge is 0.392 e. The van der Waals surface area contributed by atoms with Crippen LogP contribution in [0.25, 0.3) is 140 Å². The van der Waals surface area contributed by atoms with Gasteiger partial charge in [-0.3, -0.25) is 0 Å². The summed E-state index contributed by atoms with van der Waals surface area (Å²) >= 11 is 5.60. The first kappa shape index (κ1) is 92.1. The Morgan fingerprint density at radius 3 is 0.923 bits per heavy atom.